The number of amides is 6. The Morgan fingerprint density at radius 1 is 0.744 bits per heavy atom. The van der Waals surface area contributed by atoms with E-state index in [9.17, 15) is 28.8 Å². The number of carbonyl (C=O) groups excluding carboxylic acids is 6. The first kappa shape index (κ1) is 33.7. The van der Waals surface area contributed by atoms with Crippen molar-refractivity contribution < 1.29 is 28.8 Å². The number of halogens is 3. The molecule has 2 aromatic rings. The van der Waals surface area contributed by atoms with Crippen LogP contribution in [-0.4, -0.2) is 66.2 Å². The lowest BCUT2D eigenvalue weighted by atomic mass is 10.0. The van der Waals surface area contributed by atoms with Gasteiger partial charge in [-0.3, -0.25) is 39.4 Å². The molecule has 0 aromatic heterocycles. The fraction of sp³-hybridized carbons (Fsp3) is 0.357. The Bertz CT molecular complexity index is 1480. The van der Waals surface area contributed by atoms with E-state index >= 15 is 0 Å². The number of thioether (sulfide) groups is 1. The SMILES string of the molecule is BrCBr.O=C1CCC(N2Cc3c(S)cccc3C2=O)C(=O)N1.O=C1CCC(N2Cc3c(SCBr)cccc3C2=O)C(=O)N1. The van der Waals surface area contributed by atoms with Crippen molar-refractivity contribution in [1.82, 2.24) is 20.4 Å². The smallest absolute Gasteiger partial charge is 0.255 e. The maximum atomic E-state index is 12.5. The van der Waals surface area contributed by atoms with Crippen LogP contribution in [0.25, 0.3) is 0 Å². The number of benzene rings is 2. The standard InChI is InChI=1S/C14H13BrN2O3S.C13H12N2O3S.CH2Br2/c15-7-21-11-3-1-2-8-9(11)6-17(14(8)20)10-4-5-12(18)16-13(10)19;16-11-5-4-9(12(17)14-11)15-6-8-7(13(15)18)2-1-3-10(8)19;2-1-3/h1-3,10H,4-7H2,(H,16,18,19);1-3,9,19H,4-6H2,(H,14,16,17);1H2. The van der Waals surface area contributed by atoms with Gasteiger partial charge in [0.25, 0.3) is 11.8 Å². The number of thiol groups is 1. The fourth-order valence-electron chi connectivity index (χ4n) is 5.32. The average Bonchev–Trinajstić information content (AvgIpc) is 3.48. The molecule has 2 N–H and O–H groups in total. The summed E-state index contributed by atoms with van der Waals surface area (Å²) in [4.78, 5) is 75.9. The van der Waals surface area contributed by atoms with Gasteiger partial charge in [-0.15, -0.1) is 24.4 Å². The Hall–Kier alpha value is -2.20. The Kier molecular flexibility index (Phi) is 11.9. The van der Waals surface area contributed by atoms with Crippen molar-refractivity contribution in [2.24, 2.45) is 0 Å². The summed E-state index contributed by atoms with van der Waals surface area (Å²) in [6, 6.07) is 9.85. The highest BCUT2D eigenvalue weighted by atomic mass is 79.9. The van der Waals surface area contributed by atoms with Gasteiger partial charge < -0.3 is 9.80 Å². The molecule has 4 heterocycles. The van der Waals surface area contributed by atoms with Crippen molar-refractivity contribution >= 4 is 108 Å². The number of hydrogen-bond acceptors (Lipinski definition) is 8. The van der Waals surface area contributed by atoms with Crippen molar-refractivity contribution in [1.29, 1.82) is 0 Å². The van der Waals surface area contributed by atoms with Crippen LogP contribution in [0.5, 0.6) is 0 Å². The molecule has 2 aromatic carbocycles. The van der Waals surface area contributed by atoms with Crippen LogP contribution in [0, 0.1) is 0 Å². The van der Waals surface area contributed by atoms with Gasteiger partial charge in [-0.25, -0.2) is 0 Å². The normalized spacial score (nSPS) is 20.8. The Labute approximate surface area is 283 Å². The molecule has 2 atom stereocenters. The van der Waals surface area contributed by atoms with E-state index in [1.807, 2.05) is 18.2 Å². The van der Waals surface area contributed by atoms with Crippen molar-refractivity contribution in [2.45, 2.75) is 60.6 Å². The van der Waals surface area contributed by atoms with Crippen LogP contribution in [0.2, 0.25) is 0 Å². The molecule has 6 amide bonds. The van der Waals surface area contributed by atoms with Gasteiger partial charge in [-0.05, 0) is 48.2 Å². The highest BCUT2D eigenvalue weighted by Crippen LogP contribution is 2.35. The van der Waals surface area contributed by atoms with Crippen molar-refractivity contribution in [3.05, 3.63) is 58.7 Å². The Morgan fingerprint density at radius 3 is 1.67 bits per heavy atom. The van der Waals surface area contributed by atoms with E-state index in [1.54, 1.807) is 34.9 Å². The van der Waals surface area contributed by atoms with E-state index in [1.165, 1.54) is 4.90 Å². The summed E-state index contributed by atoms with van der Waals surface area (Å²) in [5.41, 5.74) is 3.07. The molecule has 2 unspecified atom stereocenters. The largest absolute Gasteiger partial charge is 0.322 e. The van der Waals surface area contributed by atoms with Gasteiger partial charge in [0.05, 0.1) is 8.90 Å². The molecule has 2 saturated heterocycles. The highest BCUT2D eigenvalue weighted by molar-refractivity contribution is 9.24. The summed E-state index contributed by atoms with van der Waals surface area (Å²) in [5, 5.41) is 4.59. The maximum Gasteiger partial charge on any atom is 0.255 e. The average molecular weight is 819 g/mol. The summed E-state index contributed by atoms with van der Waals surface area (Å²) >= 11 is 15.5. The zero-order valence-electron chi connectivity index (χ0n) is 22.6. The second-order valence-electron chi connectivity index (χ2n) is 9.74. The molecule has 0 spiro atoms. The Morgan fingerprint density at radius 2 is 1.21 bits per heavy atom. The van der Waals surface area contributed by atoms with E-state index in [0.29, 0.717) is 37.1 Å². The number of piperidine rings is 2. The zero-order chi connectivity index (χ0) is 31.3. The first-order valence-electron chi connectivity index (χ1n) is 13.1. The monoisotopic (exact) mass is 816 g/mol. The Balaban J connectivity index is 0.000000181. The van der Waals surface area contributed by atoms with Crippen LogP contribution >= 0.6 is 72.2 Å². The minimum Gasteiger partial charge on any atom is -0.322 e. The fourth-order valence-corrected chi connectivity index (χ4v) is 6.98. The van der Waals surface area contributed by atoms with E-state index in [0.717, 1.165) is 29.8 Å². The van der Waals surface area contributed by atoms with E-state index in [2.05, 4.69) is 71.1 Å². The third-order valence-corrected chi connectivity index (χ3v) is 9.21. The van der Waals surface area contributed by atoms with Crippen LogP contribution in [0.15, 0.2) is 46.2 Å². The first-order valence-corrected chi connectivity index (χ1v) is 17.9. The van der Waals surface area contributed by atoms with Gasteiger partial charge >= 0.3 is 0 Å². The van der Waals surface area contributed by atoms with E-state index < -0.39 is 18.0 Å². The lowest BCUT2D eigenvalue weighted by molar-refractivity contribution is -0.138. The van der Waals surface area contributed by atoms with Crippen LogP contribution in [0.1, 0.15) is 57.5 Å². The van der Waals surface area contributed by atoms with Crippen LogP contribution in [0.4, 0.5) is 0 Å². The molecular formula is C28H27Br3N4O6S2. The van der Waals surface area contributed by atoms with E-state index in [-0.39, 0.29) is 42.4 Å². The minimum atomic E-state index is -0.565. The summed E-state index contributed by atoms with van der Waals surface area (Å²) < 4.78 is 1.62. The molecule has 4 aliphatic rings. The van der Waals surface area contributed by atoms with Crippen molar-refractivity contribution in [2.75, 3.05) is 8.90 Å². The quantitative estimate of drug-likeness (QED) is 0.181. The predicted molar refractivity (Wildman–Crippen MR) is 175 cm³/mol. The second-order valence-corrected chi connectivity index (χ2v) is 15.2. The lowest BCUT2D eigenvalue weighted by Crippen LogP contribution is -2.52. The maximum absolute atomic E-state index is 12.5. The number of carbonyl (C=O) groups is 6. The highest BCUT2D eigenvalue weighted by Gasteiger charge is 2.41. The van der Waals surface area contributed by atoms with Crippen molar-refractivity contribution in [3.63, 3.8) is 0 Å². The van der Waals surface area contributed by atoms with Gasteiger partial charge in [0, 0.05) is 46.8 Å². The summed E-state index contributed by atoms with van der Waals surface area (Å²) in [5.74, 6) is -1.60. The number of nitrogens with zero attached hydrogens (tertiary/aromatic N) is 2. The van der Waals surface area contributed by atoms with Gasteiger partial charge in [0.15, 0.2) is 0 Å². The molecule has 15 heteroatoms. The molecule has 228 valence electrons. The molecule has 6 rings (SSSR count). The van der Waals surface area contributed by atoms with Crippen LogP contribution in [-0.2, 0) is 32.3 Å². The second kappa shape index (κ2) is 15.2. The summed E-state index contributed by atoms with van der Waals surface area (Å²) in [7, 11) is 0. The van der Waals surface area contributed by atoms with Gasteiger partial charge in [0.2, 0.25) is 23.6 Å². The molecule has 0 saturated carbocycles. The molecule has 43 heavy (non-hydrogen) atoms. The topological polar surface area (TPSA) is 133 Å². The molecule has 2 fully saturated rings. The third kappa shape index (κ3) is 7.55. The molecule has 10 nitrogen and oxygen atoms in total. The molecule has 0 radical (unpaired) electrons. The van der Waals surface area contributed by atoms with Crippen LogP contribution in [0.3, 0.4) is 0 Å². The van der Waals surface area contributed by atoms with Gasteiger partial charge in [0.1, 0.15) is 12.1 Å². The zero-order valence-corrected chi connectivity index (χ0v) is 29.1. The third-order valence-electron chi connectivity index (χ3n) is 7.31. The number of imide groups is 2. The number of fused-ring (bicyclic) bond motifs is 2. The molecule has 0 aliphatic carbocycles. The lowest BCUT2D eigenvalue weighted by Gasteiger charge is -2.29. The molecule has 0 bridgehead atoms. The molecular weight excluding hydrogens is 792 g/mol. The minimum absolute atomic E-state index is 0.128. The van der Waals surface area contributed by atoms with Crippen molar-refractivity contribution in [3.8, 4) is 0 Å². The van der Waals surface area contributed by atoms with Gasteiger partial charge in [-0.1, -0.05) is 59.9 Å². The first-order chi connectivity index (χ1) is 20.6. The van der Waals surface area contributed by atoms with Crippen LogP contribution < -0.4 is 10.6 Å². The summed E-state index contributed by atoms with van der Waals surface area (Å²) in [6.07, 6.45) is 1.32. The number of nitrogens with one attached hydrogen (secondary N) is 2. The summed E-state index contributed by atoms with van der Waals surface area (Å²) in [6.45, 7) is 0.802. The number of hydrogen-bond donors (Lipinski definition) is 3. The predicted octanol–water partition coefficient (Wildman–Crippen LogP) is 4.36. The van der Waals surface area contributed by atoms with E-state index in [4.69, 9.17) is 0 Å². The molecule has 4 aliphatic heterocycles. The number of rotatable bonds is 4. The number of alkyl halides is 3. The van der Waals surface area contributed by atoms with Gasteiger partial charge in [-0.2, -0.15) is 0 Å².